The minimum absolute atomic E-state index is 0.0495. The van der Waals surface area contributed by atoms with Gasteiger partial charge in [0.2, 0.25) is 0 Å². The summed E-state index contributed by atoms with van der Waals surface area (Å²) in [5.74, 6) is -0.333. The van der Waals surface area contributed by atoms with Gasteiger partial charge in [0.05, 0.1) is 18.8 Å². The molecule has 0 saturated carbocycles. The van der Waals surface area contributed by atoms with Crippen LogP contribution in [0.1, 0.15) is 37.8 Å². The lowest BCUT2D eigenvalue weighted by Crippen LogP contribution is -2.51. The molecule has 0 spiro atoms. The van der Waals surface area contributed by atoms with E-state index in [2.05, 4.69) is 5.32 Å². The molecule has 3 atom stereocenters. The molecular formula is C19H27FN2O3. The number of nitrogens with zero attached hydrogens (tertiary/aromatic N) is 1. The minimum Gasteiger partial charge on any atom is -0.376 e. The summed E-state index contributed by atoms with van der Waals surface area (Å²) in [5, 5.41) is 3.28. The van der Waals surface area contributed by atoms with Crippen LogP contribution >= 0.6 is 0 Å². The molecule has 25 heavy (non-hydrogen) atoms. The lowest BCUT2D eigenvalue weighted by molar-refractivity contribution is -0.149. The Hall–Kier alpha value is -1.50. The van der Waals surface area contributed by atoms with E-state index in [-0.39, 0.29) is 23.9 Å². The molecule has 1 aromatic carbocycles. The Morgan fingerprint density at radius 2 is 2.36 bits per heavy atom. The zero-order chi connectivity index (χ0) is 17.6. The molecule has 5 nitrogen and oxygen atoms in total. The van der Waals surface area contributed by atoms with Crippen LogP contribution in [-0.4, -0.2) is 55.9 Å². The summed E-state index contributed by atoms with van der Waals surface area (Å²) >= 11 is 0. The fourth-order valence-corrected chi connectivity index (χ4v) is 3.48. The molecule has 0 aromatic heterocycles. The van der Waals surface area contributed by atoms with Crippen molar-refractivity contribution in [1.29, 1.82) is 0 Å². The van der Waals surface area contributed by atoms with E-state index < -0.39 is 6.10 Å². The number of hydrogen-bond acceptors (Lipinski definition) is 4. The molecule has 2 fully saturated rings. The summed E-state index contributed by atoms with van der Waals surface area (Å²) in [6.45, 7) is 4.95. The molecule has 2 aliphatic heterocycles. The summed E-state index contributed by atoms with van der Waals surface area (Å²) in [6.07, 6.45) is 2.79. The first-order chi connectivity index (χ1) is 12.1. The predicted octanol–water partition coefficient (Wildman–Crippen LogP) is 2.27. The van der Waals surface area contributed by atoms with Gasteiger partial charge in [-0.2, -0.15) is 0 Å². The molecule has 2 saturated heterocycles. The molecule has 3 rings (SSSR count). The average molecular weight is 350 g/mol. The third kappa shape index (κ3) is 4.77. The summed E-state index contributed by atoms with van der Waals surface area (Å²) in [6, 6.07) is 6.29. The van der Waals surface area contributed by atoms with E-state index in [0.717, 1.165) is 38.0 Å². The first-order valence-corrected chi connectivity index (χ1v) is 9.15. The third-order valence-electron chi connectivity index (χ3n) is 4.91. The third-order valence-corrected chi connectivity index (χ3v) is 4.91. The van der Waals surface area contributed by atoms with Crippen LogP contribution in [-0.2, 0) is 14.3 Å². The second-order valence-corrected chi connectivity index (χ2v) is 6.77. The molecule has 0 radical (unpaired) electrons. The SMILES string of the molecule is CC(OCC1CCCCO1)C(=O)N1CCNCC1c1cccc(F)c1. The van der Waals surface area contributed by atoms with Crippen LogP contribution < -0.4 is 5.32 Å². The Kier molecular flexibility index (Phi) is 6.39. The number of piperazine rings is 1. The molecule has 6 heteroatoms. The summed E-state index contributed by atoms with van der Waals surface area (Å²) < 4.78 is 25.0. The average Bonchev–Trinajstić information content (AvgIpc) is 2.66. The maximum Gasteiger partial charge on any atom is 0.252 e. The van der Waals surface area contributed by atoms with Gasteiger partial charge in [0, 0.05) is 26.2 Å². The quantitative estimate of drug-likeness (QED) is 0.885. The van der Waals surface area contributed by atoms with Crippen LogP contribution in [0.5, 0.6) is 0 Å². The van der Waals surface area contributed by atoms with E-state index in [0.29, 0.717) is 19.7 Å². The molecule has 1 amide bonds. The van der Waals surface area contributed by atoms with Crippen molar-refractivity contribution in [2.75, 3.05) is 32.8 Å². The molecule has 1 N–H and O–H groups in total. The van der Waals surface area contributed by atoms with Gasteiger partial charge < -0.3 is 19.7 Å². The van der Waals surface area contributed by atoms with Gasteiger partial charge in [0.15, 0.2) is 0 Å². The fraction of sp³-hybridized carbons (Fsp3) is 0.632. The van der Waals surface area contributed by atoms with E-state index in [1.807, 2.05) is 6.07 Å². The van der Waals surface area contributed by atoms with Gasteiger partial charge >= 0.3 is 0 Å². The number of rotatable bonds is 5. The van der Waals surface area contributed by atoms with Gasteiger partial charge in [-0.15, -0.1) is 0 Å². The smallest absolute Gasteiger partial charge is 0.252 e. The van der Waals surface area contributed by atoms with Crippen molar-refractivity contribution in [1.82, 2.24) is 10.2 Å². The number of hydrogen-bond donors (Lipinski definition) is 1. The molecule has 138 valence electrons. The summed E-state index contributed by atoms with van der Waals surface area (Å²) in [4.78, 5) is 14.7. The van der Waals surface area contributed by atoms with Gasteiger partial charge in [-0.3, -0.25) is 4.79 Å². The molecule has 2 heterocycles. The van der Waals surface area contributed by atoms with Crippen molar-refractivity contribution in [3.05, 3.63) is 35.6 Å². The van der Waals surface area contributed by atoms with E-state index in [9.17, 15) is 9.18 Å². The van der Waals surface area contributed by atoms with Crippen LogP contribution in [0.2, 0.25) is 0 Å². The van der Waals surface area contributed by atoms with Gasteiger partial charge in [-0.1, -0.05) is 12.1 Å². The van der Waals surface area contributed by atoms with Crippen LogP contribution in [0.25, 0.3) is 0 Å². The van der Waals surface area contributed by atoms with E-state index in [4.69, 9.17) is 9.47 Å². The van der Waals surface area contributed by atoms with Crippen LogP contribution in [0.4, 0.5) is 4.39 Å². The molecule has 0 bridgehead atoms. The molecule has 1 aromatic rings. The number of carbonyl (C=O) groups excluding carboxylic acids is 1. The lowest BCUT2D eigenvalue weighted by Gasteiger charge is -2.38. The van der Waals surface area contributed by atoms with Crippen molar-refractivity contribution >= 4 is 5.91 Å². The normalized spacial score (nSPS) is 25.6. The Balaban J connectivity index is 1.61. The van der Waals surface area contributed by atoms with Gasteiger partial charge in [0.1, 0.15) is 11.9 Å². The Bertz CT molecular complexity index is 578. The first-order valence-electron chi connectivity index (χ1n) is 9.15. The van der Waals surface area contributed by atoms with E-state index in [1.165, 1.54) is 12.1 Å². The van der Waals surface area contributed by atoms with E-state index >= 15 is 0 Å². The first kappa shape index (κ1) is 18.3. The van der Waals surface area contributed by atoms with Gasteiger partial charge in [-0.05, 0) is 43.9 Å². The summed E-state index contributed by atoms with van der Waals surface area (Å²) in [5.41, 5.74) is 0.809. The molecule has 3 unspecified atom stereocenters. The number of amides is 1. The van der Waals surface area contributed by atoms with Crippen LogP contribution in [0, 0.1) is 5.82 Å². The highest BCUT2D eigenvalue weighted by Crippen LogP contribution is 2.24. The predicted molar refractivity (Wildman–Crippen MR) is 92.7 cm³/mol. The van der Waals surface area contributed by atoms with Gasteiger partial charge in [-0.25, -0.2) is 4.39 Å². The maximum absolute atomic E-state index is 13.6. The standard InChI is InChI=1S/C19H27FN2O3/c1-14(25-13-17-7-2-3-10-24-17)19(23)22-9-8-21-12-18(22)15-5-4-6-16(20)11-15/h4-6,11,14,17-18,21H,2-3,7-10,12-13H2,1H3. The zero-order valence-corrected chi connectivity index (χ0v) is 14.7. The zero-order valence-electron chi connectivity index (χ0n) is 14.7. The lowest BCUT2D eigenvalue weighted by atomic mass is 10.0. The highest BCUT2D eigenvalue weighted by Gasteiger charge is 2.31. The maximum atomic E-state index is 13.6. The van der Waals surface area contributed by atoms with Crippen LogP contribution in [0.3, 0.4) is 0 Å². The highest BCUT2D eigenvalue weighted by atomic mass is 19.1. The van der Waals surface area contributed by atoms with Crippen LogP contribution in [0.15, 0.2) is 24.3 Å². The Morgan fingerprint density at radius 1 is 1.48 bits per heavy atom. The van der Waals surface area contributed by atoms with Crippen molar-refractivity contribution < 1.29 is 18.7 Å². The van der Waals surface area contributed by atoms with Crippen molar-refractivity contribution in [2.45, 2.75) is 44.4 Å². The monoisotopic (exact) mass is 350 g/mol. The number of halogens is 1. The number of benzene rings is 1. The number of ether oxygens (including phenoxy) is 2. The van der Waals surface area contributed by atoms with E-state index in [1.54, 1.807) is 17.9 Å². The van der Waals surface area contributed by atoms with Gasteiger partial charge in [0.25, 0.3) is 5.91 Å². The number of nitrogens with one attached hydrogen (secondary N) is 1. The van der Waals surface area contributed by atoms with Crippen molar-refractivity contribution in [2.24, 2.45) is 0 Å². The largest absolute Gasteiger partial charge is 0.376 e. The minimum atomic E-state index is -0.528. The highest BCUT2D eigenvalue weighted by molar-refractivity contribution is 5.81. The molecular weight excluding hydrogens is 323 g/mol. The Labute approximate surface area is 148 Å². The summed E-state index contributed by atoms with van der Waals surface area (Å²) in [7, 11) is 0. The molecule has 2 aliphatic rings. The topological polar surface area (TPSA) is 50.8 Å². The van der Waals surface area contributed by atoms with Crippen molar-refractivity contribution in [3.8, 4) is 0 Å². The fourth-order valence-electron chi connectivity index (χ4n) is 3.48. The molecule has 0 aliphatic carbocycles. The second-order valence-electron chi connectivity index (χ2n) is 6.77. The van der Waals surface area contributed by atoms with Crippen molar-refractivity contribution in [3.63, 3.8) is 0 Å². The number of carbonyl (C=O) groups is 1. The Morgan fingerprint density at radius 3 is 3.12 bits per heavy atom. The second kappa shape index (κ2) is 8.74.